The zero-order valence-corrected chi connectivity index (χ0v) is 12.5. The van der Waals surface area contributed by atoms with Gasteiger partial charge in [0.05, 0.1) is 23.7 Å². The molecule has 0 bridgehead atoms. The van der Waals surface area contributed by atoms with Crippen LogP contribution in [0.4, 0.5) is 5.69 Å². The predicted molar refractivity (Wildman–Crippen MR) is 83.0 cm³/mol. The van der Waals surface area contributed by atoms with Crippen molar-refractivity contribution < 1.29 is 14.5 Å². The summed E-state index contributed by atoms with van der Waals surface area (Å²) >= 11 is 0. The third kappa shape index (κ3) is 2.52. The number of fused-ring (bicyclic) bond motifs is 1. The van der Waals surface area contributed by atoms with Crippen LogP contribution >= 0.6 is 0 Å². The summed E-state index contributed by atoms with van der Waals surface area (Å²) in [6.45, 7) is 1.95. The molecule has 1 aromatic carbocycles. The van der Waals surface area contributed by atoms with Gasteiger partial charge in [0.15, 0.2) is 11.6 Å². The van der Waals surface area contributed by atoms with E-state index in [-0.39, 0.29) is 28.6 Å². The van der Waals surface area contributed by atoms with Crippen LogP contribution in [0.2, 0.25) is 0 Å². The number of rotatable bonds is 4. The summed E-state index contributed by atoms with van der Waals surface area (Å²) in [5.41, 5.74) is 1.96. The highest BCUT2D eigenvalue weighted by atomic mass is 16.6. The third-order valence-corrected chi connectivity index (χ3v) is 3.53. The molecule has 3 aromatic rings. The monoisotopic (exact) mass is 311 g/mol. The predicted octanol–water partition coefficient (Wildman–Crippen LogP) is 2.79. The number of nitro benzene ring substituents is 1. The van der Waals surface area contributed by atoms with Crippen molar-refractivity contribution in [3.8, 4) is 5.75 Å². The minimum atomic E-state index is -0.555. The number of methoxy groups -OCH3 is 1. The van der Waals surface area contributed by atoms with Crippen molar-refractivity contribution in [3.05, 3.63) is 69.8 Å². The number of ketones is 1. The van der Waals surface area contributed by atoms with Gasteiger partial charge in [-0.25, -0.2) is 4.98 Å². The lowest BCUT2D eigenvalue weighted by Crippen LogP contribution is -2.07. The molecule has 0 saturated carbocycles. The molecule has 2 aromatic heterocycles. The van der Waals surface area contributed by atoms with Gasteiger partial charge in [-0.2, -0.15) is 0 Å². The van der Waals surface area contributed by atoms with Crippen LogP contribution in [0.5, 0.6) is 5.75 Å². The molecule has 116 valence electrons. The minimum absolute atomic E-state index is 0.0394. The maximum atomic E-state index is 12.6. The number of pyridine rings is 1. The number of ether oxygens (including phenoxy) is 1. The Morgan fingerprint density at radius 1 is 1.30 bits per heavy atom. The van der Waals surface area contributed by atoms with Gasteiger partial charge in [0.25, 0.3) is 0 Å². The summed E-state index contributed by atoms with van der Waals surface area (Å²) in [5.74, 6) is -0.0458. The van der Waals surface area contributed by atoms with Gasteiger partial charge in [-0.05, 0) is 36.8 Å². The van der Waals surface area contributed by atoms with Gasteiger partial charge in [-0.15, -0.1) is 0 Å². The number of aromatic nitrogens is 2. The zero-order chi connectivity index (χ0) is 16.6. The molecule has 23 heavy (non-hydrogen) atoms. The normalized spacial score (nSPS) is 10.7. The quantitative estimate of drug-likeness (QED) is 0.420. The van der Waals surface area contributed by atoms with E-state index in [1.54, 1.807) is 16.8 Å². The zero-order valence-electron chi connectivity index (χ0n) is 12.5. The van der Waals surface area contributed by atoms with E-state index in [2.05, 4.69) is 4.98 Å². The lowest BCUT2D eigenvalue weighted by Gasteiger charge is -2.05. The first-order valence-electron chi connectivity index (χ1n) is 6.82. The van der Waals surface area contributed by atoms with E-state index >= 15 is 0 Å². The highest BCUT2D eigenvalue weighted by Crippen LogP contribution is 2.28. The second-order valence-electron chi connectivity index (χ2n) is 5.05. The second-order valence-corrected chi connectivity index (χ2v) is 5.05. The summed E-state index contributed by atoms with van der Waals surface area (Å²) in [5, 5.41) is 10.9. The number of nitrogens with zero attached hydrogens (tertiary/aromatic N) is 3. The second kappa shape index (κ2) is 5.53. The van der Waals surface area contributed by atoms with Crippen molar-refractivity contribution in [2.75, 3.05) is 7.11 Å². The first-order valence-corrected chi connectivity index (χ1v) is 6.82. The first kappa shape index (κ1) is 14.7. The van der Waals surface area contributed by atoms with E-state index in [1.807, 2.05) is 19.1 Å². The van der Waals surface area contributed by atoms with E-state index in [0.29, 0.717) is 0 Å². The maximum Gasteiger partial charge on any atom is 0.310 e. The van der Waals surface area contributed by atoms with Crippen LogP contribution in [-0.4, -0.2) is 27.2 Å². The van der Waals surface area contributed by atoms with E-state index in [0.717, 1.165) is 11.1 Å². The molecule has 0 fully saturated rings. The number of benzene rings is 1. The van der Waals surface area contributed by atoms with Crippen molar-refractivity contribution in [2.24, 2.45) is 0 Å². The molecular formula is C16H13N3O4. The van der Waals surface area contributed by atoms with Crippen molar-refractivity contribution in [3.63, 3.8) is 0 Å². The van der Waals surface area contributed by atoms with Gasteiger partial charge >= 0.3 is 5.69 Å². The topological polar surface area (TPSA) is 86.7 Å². The molecule has 7 heteroatoms. The molecule has 0 unspecified atom stereocenters. The van der Waals surface area contributed by atoms with Gasteiger partial charge in [0, 0.05) is 17.8 Å². The fourth-order valence-electron chi connectivity index (χ4n) is 2.38. The molecule has 7 nitrogen and oxygen atoms in total. The summed E-state index contributed by atoms with van der Waals surface area (Å²) < 4.78 is 6.68. The number of carbonyl (C=O) groups excluding carboxylic acids is 1. The van der Waals surface area contributed by atoms with E-state index in [1.165, 1.54) is 25.3 Å². The molecule has 0 saturated heterocycles. The van der Waals surface area contributed by atoms with Crippen LogP contribution < -0.4 is 4.74 Å². The Labute approximate surface area is 131 Å². The van der Waals surface area contributed by atoms with Crippen LogP contribution in [0.3, 0.4) is 0 Å². The molecule has 0 aliphatic rings. The Morgan fingerprint density at radius 2 is 2.09 bits per heavy atom. The maximum absolute atomic E-state index is 12.6. The Hall–Kier alpha value is -3.22. The molecular weight excluding hydrogens is 298 g/mol. The summed E-state index contributed by atoms with van der Waals surface area (Å²) in [6.07, 6.45) is 3.39. The largest absolute Gasteiger partial charge is 0.490 e. The average molecular weight is 311 g/mol. The van der Waals surface area contributed by atoms with Gasteiger partial charge < -0.3 is 4.74 Å². The van der Waals surface area contributed by atoms with Crippen LogP contribution in [0.15, 0.2) is 42.7 Å². The van der Waals surface area contributed by atoms with Crippen LogP contribution in [0.25, 0.3) is 5.52 Å². The molecule has 0 radical (unpaired) electrons. The van der Waals surface area contributed by atoms with Gasteiger partial charge in [0.1, 0.15) is 0 Å². The molecule has 0 aliphatic carbocycles. The molecule has 2 heterocycles. The Morgan fingerprint density at radius 3 is 2.78 bits per heavy atom. The number of aryl methyl sites for hydroxylation is 1. The minimum Gasteiger partial charge on any atom is -0.490 e. The van der Waals surface area contributed by atoms with Gasteiger partial charge in [-0.1, -0.05) is 0 Å². The summed E-state index contributed by atoms with van der Waals surface area (Å²) in [6, 6.07) is 7.81. The Kier molecular flexibility index (Phi) is 3.53. The van der Waals surface area contributed by atoms with E-state index in [4.69, 9.17) is 4.74 Å². The molecule has 3 rings (SSSR count). The number of imidazole rings is 1. The highest BCUT2D eigenvalue weighted by Gasteiger charge is 2.20. The number of hydrogen-bond acceptors (Lipinski definition) is 5. The van der Waals surface area contributed by atoms with Gasteiger partial charge in [-0.3, -0.25) is 19.3 Å². The summed E-state index contributed by atoms with van der Waals surface area (Å²) in [7, 11) is 1.32. The van der Waals surface area contributed by atoms with Crippen LogP contribution in [0.1, 0.15) is 21.7 Å². The van der Waals surface area contributed by atoms with Crippen molar-refractivity contribution in [2.45, 2.75) is 6.92 Å². The van der Waals surface area contributed by atoms with Crippen molar-refractivity contribution in [1.29, 1.82) is 0 Å². The number of hydrogen-bond donors (Lipinski definition) is 0. The van der Waals surface area contributed by atoms with Crippen molar-refractivity contribution in [1.82, 2.24) is 9.38 Å². The summed E-state index contributed by atoms with van der Waals surface area (Å²) in [4.78, 5) is 27.2. The smallest absolute Gasteiger partial charge is 0.310 e. The lowest BCUT2D eigenvalue weighted by atomic mass is 10.1. The Bertz CT molecular complexity index is 930. The fraction of sp³-hybridized carbons (Fsp3) is 0.125. The molecule has 0 aliphatic heterocycles. The van der Waals surface area contributed by atoms with Crippen LogP contribution in [-0.2, 0) is 0 Å². The fourth-order valence-corrected chi connectivity index (χ4v) is 2.38. The molecule has 0 amide bonds. The number of carbonyl (C=O) groups is 1. The molecule has 0 atom stereocenters. The SMILES string of the molecule is COc1cc(C(=O)c2ncc3cc(C)ccn23)ccc1[N+](=O)[O-]. The highest BCUT2D eigenvalue weighted by molar-refractivity contribution is 6.07. The standard InChI is InChI=1S/C16H13N3O4/c1-10-5-6-18-12(7-10)9-17-16(18)15(20)11-3-4-13(19(21)22)14(8-11)23-2/h3-9H,1-2H3. The van der Waals surface area contributed by atoms with Gasteiger partial charge in [0.2, 0.25) is 5.78 Å². The number of nitro groups is 1. The van der Waals surface area contributed by atoms with E-state index < -0.39 is 4.92 Å². The first-order chi connectivity index (χ1) is 11.0. The Balaban J connectivity index is 2.07. The molecule has 0 N–H and O–H groups in total. The van der Waals surface area contributed by atoms with E-state index in [9.17, 15) is 14.9 Å². The third-order valence-electron chi connectivity index (χ3n) is 3.53. The molecule has 0 spiro atoms. The lowest BCUT2D eigenvalue weighted by molar-refractivity contribution is -0.385. The van der Waals surface area contributed by atoms with Crippen LogP contribution in [0, 0.1) is 17.0 Å². The van der Waals surface area contributed by atoms with Crippen molar-refractivity contribution >= 4 is 17.0 Å². The average Bonchev–Trinajstić information content (AvgIpc) is 2.96.